The average Bonchev–Trinajstić information content (AvgIpc) is 2.90. The number of sulfonamides is 1. The molecule has 22 heavy (non-hydrogen) atoms. The molecule has 0 fully saturated rings. The number of aromatic nitrogens is 1. The van der Waals surface area contributed by atoms with E-state index in [1.165, 1.54) is 17.4 Å². The second-order valence-electron chi connectivity index (χ2n) is 4.58. The van der Waals surface area contributed by atoms with Gasteiger partial charge in [-0.3, -0.25) is 9.78 Å². The molecule has 0 bridgehead atoms. The first kappa shape index (κ1) is 16.6. The van der Waals surface area contributed by atoms with Gasteiger partial charge < -0.3 is 5.32 Å². The zero-order chi connectivity index (χ0) is 16.2. The van der Waals surface area contributed by atoms with E-state index in [4.69, 9.17) is 0 Å². The molecule has 1 amide bonds. The molecular weight excluding hydrogens is 322 g/mol. The summed E-state index contributed by atoms with van der Waals surface area (Å²) in [6, 6.07) is 4.94. The summed E-state index contributed by atoms with van der Waals surface area (Å²) < 4.78 is 27.3. The number of thiophene rings is 1. The molecule has 0 saturated heterocycles. The van der Waals surface area contributed by atoms with Gasteiger partial charge in [-0.25, -0.2) is 13.1 Å². The lowest BCUT2D eigenvalue weighted by molar-refractivity contribution is 0.0959. The smallest absolute Gasteiger partial charge is 0.261 e. The first-order chi connectivity index (χ1) is 10.4. The van der Waals surface area contributed by atoms with Crippen LogP contribution in [-0.2, 0) is 16.6 Å². The number of nitrogens with one attached hydrogen (secondary N) is 2. The van der Waals surface area contributed by atoms with Crippen LogP contribution < -0.4 is 10.0 Å². The fourth-order valence-corrected chi connectivity index (χ4v) is 4.37. The maximum Gasteiger partial charge on any atom is 0.261 e. The van der Waals surface area contributed by atoms with Crippen molar-refractivity contribution in [1.82, 2.24) is 15.0 Å². The Bertz CT molecular complexity index is 755. The number of amides is 1. The molecule has 2 aromatic heterocycles. The first-order valence-corrected chi connectivity index (χ1v) is 9.01. The molecule has 6 nitrogen and oxygen atoms in total. The van der Waals surface area contributed by atoms with Crippen LogP contribution in [0.4, 0.5) is 0 Å². The SMILES string of the molecule is CCNC(=O)c1cc(S(=O)(=O)NCc2cccnc2)c(C)s1. The van der Waals surface area contributed by atoms with Gasteiger partial charge in [0.1, 0.15) is 0 Å². The Morgan fingerprint density at radius 2 is 2.18 bits per heavy atom. The van der Waals surface area contributed by atoms with Crippen molar-refractivity contribution < 1.29 is 13.2 Å². The second kappa shape index (κ2) is 6.99. The molecule has 8 heteroatoms. The quantitative estimate of drug-likeness (QED) is 0.838. The molecule has 0 aromatic carbocycles. The minimum absolute atomic E-state index is 0.141. The molecule has 2 aromatic rings. The second-order valence-corrected chi connectivity index (χ2v) is 7.57. The third-order valence-electron chi connectivity index (χ3n) is 2.91. The molecule has 0 spiro atoms. The van der Waals surface area contributed by atoms with Crippen molar-refractivity contribution in [2.45, 2.75) is 25.3 Å². The van der Waals surface area contributed by atoms with Gasteiger partial charge in [-0.2, -0.15) is 0 Å². The summed E-state index contributed by atoms with van der Waals surface area (Å²) >= 11 is 1.17. The van der Waals surface area contributed by atoms with Crippen LogP contribution in [0.25, 0.3) is 0 Å². The fraction of sp³-hybridized carbons (Fsp3) is 0.286. The number of pyridine rings is 1. The monoisotopic (exact) mass is 339 g/mol. The van der Waals surface area contributed by atoms with Gasteiger partial charge >= 0.3 is 0 Å². The number of nitrogens with zero attached hydrogens (tertiary/aromatic N) is 1. The normalized spacial score (nSPS) is 11.4. The molecule has 2 heterocycles. The summed E-state index contributed by atoms with van der Waals surface area (Å²) in [5.74, 6) is -0.260. The summed E-state index contributed by atoms with van der Waals surface area (Å²) in [5.41, 5.74) is 0.767. The highest BCUT2D eigenvalue weighted by Gasteiger charge is 2.21. The van der Waals surface area contributed by atoms with Gasteiger partial charge in [-0.05, 0) is 31.5 Å². The van der Waals surface area contributed by atoms with Gasteiger partial charge in [0.25, 0.3) is 5.91 Å². The lowest BCUT2D eigenvalue weighted by Crippen LogP contribution is -2.24. The van der Waals surface area contributed by atoms with E-state index in [2.05, 4.69) is 15.0 Å². The number of aryl methyl sites for hydroxylation is 1. The average molecular weight is 339 g/mol. The largest absolute Gasteiger partial charge is 0.352 e. The van der Waals surface area contributed by atoms with Gasteiger partial charge in [-0.1, -0.05) is 6.07 Å². The van der Waals surface area contributed by atoms with Gasteiger partial charge in [0.2, 0.25) is 10.0 Å². The Labute approximate surface area is 133 Å². The van der Waals surface area contributed by atoms with E-state index in [1.54, 1.807) is 31.5 Å². The van der Waals surface area contributed by atoms with Crippen LogP contribution >= 0.6 is 11.3 Å². The van der Waals surface area contributed by atoms with Crippen LogP contribution in [0.2, 0.25) is 0 Å². The van der Waals surface area contributed by atoms with E-state index in [0.29, 0.717) is 16.3 Å². The highest BCUT2D eigenvalue weighted by Crippen LogP contribution is 2.25. The van der Waals surface area contributed by atoms with E-state index in [-0.39, 0.29) is 17.3 Å². The van der Waals surface area contributed by atoms with Gasteiger partial charge in [0.05, 0.1) is 9.77 Å². The van der Waals surface area contributed by atoms with E-state index in [9.17, 15) is 13.2 Å². The summed E-state index contributed by atoms with van der Waals surface area (Å²) in [6.45, 7) is 4.15. The highest BCUT2D eigenvalue weighted by molar-refractivity contribution is 7.89. The Hall–Kier alpha value is -1.77. The van der Waals surface area contributed by atoms with Crippen molar-refractivity contribution in [2.75, 3.05) is 6.54 Å². The molecule has 0 aliphatic rings. The first-order valence-electron chi connectivity index (χ1n) is 6.71. The van der Waals surface area contributed by atoms with Crippen LogP contribution in [0.5, 0.6) is 0 Å². The maximum atomic E-state index is 12.4. The summed E-state index contributed by atoms with van der Waals surface area (Å²) in [7, 11) is -3.66. The highest BCUT2D eigenvalue weighted by atomic mass is 32.2. The van der Waals surface area contributed by atoms with Gasteiger partial charge in [0.15, 0.2) is 0 Å². The molecule has 0 aliphatic heterocycles. The number of rotatable bonds is 6. The molecule has 0 unspecified atom stereocenters. The molecule has 0 atom stereocenters. The Morgan fingerprint density at radius 1 is 1.41 bits per heavy atom. The van der Waals surface area contributed by atoms with E-state index in [1.807, 2.05) is 6.92 Å². The van der Waals surface area contributed by atoms with Crippen molar-refractivity contribution >= 4 is 27.3 Å². The lowest BCUT2D eigenvalue weighted by Gasteiger charge is -2.05. The number of hydrogen-bond donors (Lipinski definition) is 2. The molecule has 118 valence electrons. The zero-order valence-electron chi connectivity index (χ0n) is 12.3. The van der Waals surface area contributed by atoms with Crippen molar-refractivity contribution in [2.24, 2.45) is 0 Å². The van der Waals surface area contributed by atoms with Crippen LogP contribution in [0, 0.1) is 6.92 Å². The third-order valence-corrected chi connectivity index (χ3v) is 5.62. The van der Waals surface area contributed by atoms with E-state index >= 15 is 0 Å². The number of carbonyl (C=O) groups is 1. The van der Waals surface area contributed by atoms with Crippen LogP contribution in [0.3, 0.4) is 0 Å². The van der Waals surface area contributed by atoms with Crippen LogP contribution in [0.1, 0.15) is 27.0 Å². The Morgan fingerprint density at radius 3 is 2.82 bits per heavy atom. The van der Waals surface area contributed by atoms with E-state index < -0.39 is 10.0 Å². The van der Waals surface area contributed by atoms with Crippen LogP contribution in [0.15, 0.2) is 35.5 Å². The van der Waals surface area contributed by atoms with Crippen molar-refractivity contribution in [3.8, 4) is 0 Å². The number of carbonyl (C=O) groups excluding carboxylic acids is 1. The molecule has 2 N–H and O–H groups in total. The maximum absolute atomic E-state index is 12.4. The van der Waals surface area contributed by atoms with Gasteiger partial charge in [-0.15, -0.1) is 11.3 Å². The van der Waals surface area contributed by atoms with Gasteiger partial charge in [0, 0.05) is 30.4 Å². The molecule has 0 radical (unpaired) electrons. The number of hydrogen-bond acceptors (Lipinski definition) is 5. The summed E-state index contributed by atoms with van der Waals surface area (Å²) in [6.07, 6.45) is 3.22. The van der Waals surface area contributed by atoms with Crippen LogP contribution in [-0.4, -0.2) is 25.9 Å². The van der Waals surface area contributed by atoms with Crippen molar-refractivity contribution in [1.29, 1.82) is 0 Å². The molecule has 0 aliphatic carbocycles. The zero-order valence-corrected chi connectivity index (χ0v) is 13.9. The Balaban J connectivity index is 2.17. The fourth-order valence-electron chi connectivity index (χ4n) is 1.85. The molecule has 2 rings (SSSR count). The van der Waals surface area contributed by atoms with Crippen molar-refractivity contribution in [3.05, 3.63) is 45.9 Å². The van der Waals surface area contributed by atoms with Crippen molar-refractivity contribution in [3.63, 3.8) is 0 Å². The topological polar surface area (TPSA) is 88.2 Å². The lowest BCUT2D eigenvalue weighted by atomic mass is 10.3. The predicted molar refractivity (Wildman–Crippen MR) is 85.3 cm³/mol. The summed E-state index contributed by atoms with van der Waals surface area (Å²) in [5, 5.41) is 2.66. The summed E-state index contributed by atoms with van der Waals surface area (Å²) in [4.78, 5) is 16.8. The van der Waals surface area contributed by atoms with E-state index in [0.717, 1.165) is 5.56 Å². The minimum Gasteiger partial charge on any atom is -0.352 e. The molecule has 0 saturated carbocycles. The third kappa shape index (κ3) is 3.90. The Kier molecular flexibility index (Phi) is 5.28. The standard InChI is InChI=1S/C14H17N3O3S2/c1-3-16-14(18)12-7-13(10(2)21-12)22(19,20)17-9-11-5-4-6-15-8-11/h4-8,17H,3,9H2,1-2H3,(H,16,18). The predicted octanol–water partition coefficient (Wildman–Crippen LogP) is 1.68. The minimum atomic E-state index is -3.66. The molecular formula is C14H17N3O3S2.